The third-order valence-electron chi connectivity index (χ3n) is 3.34. The standard InChI is InChI=1S/C17H15N3O2S/c18-15(21)10-11-23-17-19-14-9-5-4-8-13(14)16(22)20(17)12-6-2-1-3-7-12/h1-9H,10-11H2,(H2,18,21). The Balaban J connectivity index is 2.15. The first-order valence-electron chi connectivity index (χ1n) is 7.15. The number of nitrogens with zero attached hydrogens (tertiary/aromatic N) is 2. The molecule has 5 nitrogen and oxygen atoms in total. The van der Waals surface area contributed by atoms with Gasteiger partial charge in [0, 0.05) is 12.2 Å². The highest BCUT2D eigenvalue weighted by molar-refractivity contribution is 7.99. The van der Waals surface area contributed by atoms with E-state index in [2.05, 4.69) is 4.98 Å². The summed E-state index contributed by atoms with van der Waals surface area (Å²) in [4.78, 5) is 28.4. The molecule has 0 unspecified atom stereocenters. The summed E-state index contributed by atoms with van der Waals surface area (Å²) in [5.74, 6) is 0.111. The molecular formula is C17H15N3O2S. The summed E-state index contributed by atoms with van der Waals surface area (Å²) in [6.07, 6.45) is 0.238. The minimum absolute atomic E-state index is 0.122. The molecule has 0 bridgehead atoms. The minimum Gasteiger partial charge on any atom is -0.370 e. The van der Waals surface area contributed by atoms with Crippen molar-refractivity contribution in [3.05, 3.63) is 65.0 Å². The van der Waals surface area contributed by atoms with Crippen molar-refractivity contribution in [1.29, 1.82) is 0 Å². The van der Waals surface area contributed by atoms with Crippen molar-refractivity contribution in [3.63, 3.8) is 0 Å². The summed E-state index contributed by atoms with van der Waals surface area (Å²) in [5, 5.41) is 1.12. The molecule has 0 fully saturated rings. The maximum absolute atomic E-state index is 12.9. The quantitative estimate of drug-likeness (QED) is 0.577. The number of hydrogen-bond acceptors (Lipinski definition) is 4. The Hall–Kier alpha value is -2.60. The van der Waals surface area contributed by atoms with Crippen LogP contribution in [0.4, 0.5) is 0 Å². The number of carbonyl (C=O) groups is 1. The van der Waals surface area contributed by atoms with Gasteiger partial charge in [-0.05, 0) is 24.3 Å². The molecule has 3 rings (SSSR count). The molecule has 23 heavy (non-hydrogen) atoms. The number of carbonyl (C=O) groups excluding carboxylic acids is 1. The van der Waals surface area contributed by atoms with Gasteiger partial charge in [-0.25, -0.2) is 4.98 Å². The highest BCUT2D eigenvalue weighted by Crippen LogP contribution is 2.21. The third-order valence-corrected chi connectivity index (χ3v) is 4.28. The van der Waals surface area contributed by atoms with Crippen LogP contribution < -0.4 is 11.3 Å². The van der Waals surface area contributed by atoms with Gasteiger partial charge < -0.3 is 5.73 Å². The number of aromatic nitrogens is 2. The van der Waals surface area contributed by atoms with Crippen LogP contribution in [0.2, 0.25) is 0 Å². The Morgan fingerprint density at radius 1 is 1.09 bits per heavy atom. The van der Waals surface area contributed by atoms with Gasteiger partial charge in [-0.15, -0.1) is 0 Å². The minimum atomic E-state index is -0.369. The molecular weight excluding hydrogens is 310 g/mol. The van der Waals surface area contributed by atoms with Crippen molar-refractivity contribution in [3.8, 4) is 5.69 Å². The van der Waals surface area contributed by atoms with E-state index in [9.17, 15) is 9.59 Å². The van der Waals surface area contributed by atoms with Crippen molar-refractivity contribution in [2.45, 2.75) is 11.6 Å². The summed E-state index contributed by atoms with van der Waals surface area (Å²) in [6.45, 7) is 0. The van der Waals surface area contributed by atoms with Gasteiger partial charge in [0.1, 0.15) is 0 Å². The molecule has 1 amide bonds. The molecule has 1 aromatic heterocycles. The molecule has 0 saturated heterocycles. The number of amides is 1. The molecule has 0 atom stereocenters. The first kappa shape index (κ1) is 15.3. The topological polar surface area (TPSA) is 78.0 Å². The van der Waals surface area contributed by atoms with E-state index in [1.807, 2.05) is 48.5 Å². The number of fused-ring (bicyclic) bond motifs is 1. The molecule has 0 spiro atoms. The number of rotatable bonds is 5. The van der Waals surface area contributed by atoms with E-state index in [4.69, 9.17) is 5.73 Å². The smallest absolute Gasteiger partial charge is 0.266 e. The van der Waals surface area contributed by atoms with Crippen LogP contribution in [0.1, 0.15) is 6.42 Å². The zero-order valence-corrected chi connectivity index (χ0v) is 13.1. The summed E-state index contributed by atoms with van der Waals surface area (Å²) < 4.78 is 1.58. The maximum atomic E-state index is 12.9. The van der Waals surface area contributed by atoms with Crippen LogP contribution in [0.25, 0.3) is 16.6 Å². The first-order valence-corrected chi connectivity index (χ1v) is 8.13. The number of primary amides is 1. The maximum Gasteiger partial charge on any atom is 0.266 e. The Kier molecular flexibility index (Phi) is 4.43. The van der Waals surface area contributed by atoms with Gasteiger partial charge in [-0.2, -0.15) is 0 Å². The lowest BCUT2D eigenvalue weighted by atomic mass is 10.2. The van der Waals surface area contributed by atoms with Gasteiger partial charge in [-0.1, -0.05) is 42.1 Å². The fourth-order valence-corrected chi connectivity index (χ4v) is 3.22. The van der Waals surface area contributed by atoms with E-state index in [1.54, 1.807) is 10.6 Å². The zero-order valence-electron chi connectivity index (χ0n) is 12.3. The third kappa shape index (κ3) is 3.27. The molecule has 2 N–H and O–H groups in total. The lowest BCUT2D eigenvalue weighted by Crippen LogP contribution is -2.22. The Morgan fingerprint density at radius 3 is 2.52 bits per heavy atom. The lowest BCUT2D eigenvalue weighted by molar-refractivity contribution is -0.117. The van der Waals surface area contributed by atoms with Crippen LogP contribution in [-0.2, 0) is 4.79 Å². The van der Waals surface area contributed by atoms with Gasteiger partial charge in [0.05, 0.1) is 16.6 Å². The second-order valence-corrected chi connectivity index (χ2v) is 6.01. The van der Waals surface area contributed by atoms with E-state index in [0.29, 0.717) is 21.8 Å². The Labute approximate surface area is 137 Å². The van der Waals surface area contributed by atoms with Crippen molar-refractivity contribution in [2.24, 2.45) is 5.73 Å². The second kappa shape index (κ2) is 6.66. The predicted molar refractivity (Wildman–Crippen MR) is 91.9 cm³/mol. The summed E-state index contributed by atoms with van der Waals surface area (Å²) in [5.41, 5.74) is 6.46. The number of para-hydroxylation sites is 2. The van der Waals surface area contributed by atoms with E-state index < -0.39 is 0 Å². The predicted octanol–water partition coefficient (Wildman–Crippen LogP) is 2.35. The van der Waals surface area contributed by atoms with Crippen LogP contribution in [0, 0.1) is 0 Å². The van der Waals surface area contributed by atoms with Crippen molar-refractivity contribution >= 4 is 28.6 Å². The highest BCUT2D eigenvalue weighted by atomic mass is 32.2. The number of thioether (sulfide) groups is 1. The van der Waals surface area contributed by atoms with Crippen molar-refractivity contribution in [1.82, 2.24) is 9.55 Å². The van der Waals surface area contributed by atoms with Gasteiger partial charge in [0.25, 0.3) is 5.56 Å². The number of nitrogens with two attached hydrogens (primary N) is 1. The zero-order chi connectivity index (χ0) is 16.2. The van der Waals surface area contributed by atoms with Crippen molar-refractivity contribution < 1.29 is 4.79 Å². The molecule has 2 aromatic carbocycles. The highest BCUT2D eigenvalue weighted by Gasteiger charge is 2.13. The molecule has 0 radical (unpaired) electrons. The molecule has 6 heteroatoms. The van der Waals surface area contributed by atoms with Gasteiger partial charge >= 0.3 is 0 Å². The molecule has 116 valence electrons. The van der Waals surface area contributed by atoms with Crippen LogP contribution in [0.15, 0.2) is 64.5 Å². The SMILES string of the molecule is NC(=O)CCSc1nc2ccccc2c(=O)n1-c1ccccc1. The molecule has 0 aliphatic heterocycles. The lowest BCUT2D eigenvalue weighted by Gasteiger charge is -2.12. The molecule has 0 aliphatic rings. The second-order valence-electron chi connectivity index (χ2n) is 4.95. The molecule has 0 saturated carbocycles. The van der Waals surface area contributed by atoms with Gasteiger partial charge in [-0.3, -0.25) is 14.2 Å². The summed E-state index contributed by atoms with van der Waals surface area (Å²) in [7, 11) is 0. The average Bonchev–Trinajstić information content (AvgIpc) is 2.55. The average molecular weight is 325 g/mol. The first-order chi connectivity index (χ1) is 11.2. The van der Waals surface area contributed by atoms with Crippen LogP contribution in [0.3, 0.4) is 0 Å². The van der Waals surface area contributed by atoms with Crippen LogP contribution >= 0.6 is 11.8 Å². The Bertz CT molecular complexity index is 907. The normalized spacial score (nSPS) is 10.8. The summed E-state index contributed by atoms with van der Waals surface area (Å²) in [6, 6.07) is 16.6. The summed E-state index contributed by atoms with van der Waals surface area (Å²) >= 11 is 1.35. The van der Waals surface area contributed by atoms with E-state index in [-0.39, 0.29) is 17.9 Å². The van der Waals surface area contributed by atoms with E-state index >= 15 is 0 Å². The van der Waals surface area contributed by atoms with E-state index in [1.165, 1.54) is 11.8 Å². The largest absolute Gasteiger partial charge is 0.370 e. The molecule has 0 aliphatic carbocycles. The van der Waals surface area contributed by atoms with Crippen LogP contribution in [0.5, 0.6) is 0 Å². The van der Waals surface area contributed by atoms with E-state index in [0.717, 1.165) is 5.69 Å². The van der Waals surface area contributed by atoms with Crippen molar-refractivity contribution in [2.75, 3.05) is 5.75 Å². The Morgan fingerprint density at radius 2 is 1.78 bits per heavy atom. The fourth-order valence-electron chi connectivity index (χ4n) is 2.26. The monoisotopic (exact) mass is 325 g/mol. The number of benzene rings is 2. The number of hydrogen-bond donors (Lipinski definition) is 1. The fraction of sp³-hybridized carbons (Fsp3) is 0.118. The molecule has 1 heterocycles. The molecule has 3 aromatic rings. The van der Waals surface area contributed by atoms with Crippen LogP contribution in [-0.4, -0.2) is 21.2 Å². The van der Waals surface area contributed by atoms with Gasteiger partial charge in [0.2, 0.25) is 5.91 Å². The van der Waals surface area contributed by atoms with Gasteiger partial charge in [0.15, 0.2) is 5.16 Å².